The zero-order chi connectivity index (χ0) is 14.1. The van der Waals surface area contributed by atoms with E-state index in [0.29, 0.717) is 0 Å². The molecule has 1 rings (SSSR count). The second kappa shape index (κ2) is 9.32. The van der Waals surface area contributed by atoms with Gasteiger partial charge in [0.2, 0.25) is 0 Å². The van der Waals surface area contributed by atoms with Gasteiger partial charge in [-0.3, -0.25) is 0 Å². The predicted molar refractivity (Wildman–Crippen MR) is 79.5 cm³/mol. The zero-order valence-corrected chi connectivity index (χ0v) is 14.3. The normalized spacial score (nSPS) is 26.3. The van der Waals surface area contributed by atoms with Crippen LogP contribution in [0.1, 0.15) is 46.0 Å². The molecule has 110 valence electrons. The van der Waals surface area contributed by atoms with Crippen molar-refractivity contribution in [3.05, 3.63) is 0 Å². The fourth-order valence-electron chi connectivity index (χ4n) is 2.92. The fourth-order valence-corrected chi connectivity index (χ4v) is 6.91. The van der Waals surface area contributed by atoms with E-state index in [2.05, 4.69) is 6.92 Å². The van der Waals surface area contributed by atoms with Crippen LogP contribution in [0.4, 0.5) is 0 Å². The van der Waals surface area contributed by atoms with Gasteiger partial charge in [-0.2, -0.15) is 0 Å². The summed E-state index contributed by atoms with van der Waals surface area (Å²) in [5.74, 6) is 0.722. The molecule has 0 N–H and O–H groups in total. The molecule has 3 nitrogen and oxygen atoms in total. The number of methoxy groups -OCH3 is 1. The van der Waals surface area contributed by atoms with Gasteiger partial charge in [-0.1, -0.05) is 33.1 Å². The minimum Gasteiger partial charge on any atom is -0.396 e. The van der Waals surface area contributed by atoms with E-state index < -0.39 is 8.56 Å². The zero-order valence-electron chi connectivity index (χ0n) is 12.6. The minimum atomic E-state index is -2.15. The average molecular weight is 297 g/mol. The Bertz CT molecular complexity index is 208. The summed E-state index contributed by atoms with van der Waals surface area (Å²) in [5, 5.41) is -0.122. The predicted octanol–water partition coefficient (Wildman–Crippen LogP) is 3.87. The van der Waals surface area contributed by atoms with E-state index in [9.17, 15) is 0 Å². The Morgan fingerprint density at radius 3 is 2.06 bits per heavy atom. The fraction of sp³-hybridized carbons (Fsp3) is 1.00. The quantitative estimate of drug-likeness (QED) is 0.569. The highest BCUT2D eigenvalue weighted by Crippen LogP contribution is 2.42. The van der Waals surface area contributed by atoms with Crippen LogP contribution in [0, 0.1) is 0 Å². The Morgan fingerprint density at radius 2 is 1.67 bits per heavy atom. The van der Waals surface area contributed by atoms with E-state index in [4.69, 9.17) is 25.2 Å². The van der Waals surface area contributed by atoms with E-state index in [-0.39, 0.29) is 5.22 Å². The summed E-state index contributed by atoms with van der Waals surface area (Å²) in [6, 6.07) is 1.06. The molecular weight excluding hydrogens is 268 g/mol. The number of rotatable bonds is 5. The van der Waals surface area contributed by atoms with Crippen molar-refractivity contribution in [1.29, 1.82) is 0 Å². The Hall–Kier alpha value is 0.387. The maximum Gasteiger partial charge on any atom is 0.370 e. The van der Waals surface area contributed by atoms with Crippen LogP contribution in [0.15, 0.2) is 0 Å². The lowest BCUT2D eigenvalue weighted by Crippen LogP contribution is -2.64. The van der Waals surface area contributed by atoms with Gasteiger partial charge in [-0.05, 0) is 18.9 Å². The van der Waals surface area contributed by atoms with Crippen LogP contribution in [0.25, 0.3) is 0 Å². The van der Waals surface area contributed by atoms with Crippen molar-refractivity contribution in [2.45, 2.75) is 57.2 Å². The van der Waals surface area contributed by atoms with E-state index in [0.717, 1.165) is 31.2 Å². The number of ether oxygens (including phenoxy) is 1. The van der Waals surface area contributed by atoms with Gasteiger partial charge in [-0.25, -0.2) is 0 Å². The maximum absolute atomic E-state index is 5.83. The van der Waals surface area contributed by atoms with Crippen molar-refractivity contribution in [2.75, 3.05) is 27.2 Å². The first-order chi connectivity index (χ1) is 8.61. The second-order valence-corrected chi connectivity index (χ2v) is 8.85. The van der Waals surface area contributed by atoms with Gasteiger partial charge >= 0.3 is 8.56 Å². The van der Waals surface area contributed by atoms with Crippen LogP contribution in [0.3, 0.4) is 0 Å². The van der Waals surface area contributed by atoms with Crippen LogP contribution in [0.5, 0.6) is 0 Å². The van der Waals surface area contributed by atoms with Crippen LogP contribution >= 0.6 is 11.6 Å². The lowest BCUT2D eigenvalue weighted by molar-refractivity contribution is -0.0149. The molecule has 0 bridgehead atoms. The van der Waals surface area contributed by atoms with Crippen molar-refractivity contribution in [2.24, 2.45) is 0 Å². The first kappa shape index (κ1) is 18.4. The molecule has 0 aliphatic carbocycles. The van der Waals surface area contributed by atoms with Crippen LogP contribution in [0.2, 0.25) is 6.04 Å². The first-order valence-electron chi connectivity index (χ1n) is 6.83. The van der Waals surface area contributed by atoms with Crippen LogP contribution in [-0.4, -0.2) is 41.0 Å². The van der Waals surface area contributed by atoms with Crippen molar-refractivity contribution in [3.8, 4) is 0 Å². The minimum absolute atomic E-state index is 0.122. The third-order valence-electron chi connectivity index (χ3n) is 3.73. The highest BCUT2D eigenvalue weighted by Gasteiger charge is 2.58. The summed E-state index contributed by atoms with van der Waals surface area (Å²) < 4.78 is 17.4. The SMILES string of the molecule is CCCC1(OC)CCCC[Si]1(OC)OC.CCCl. The molecule has 5 heteroatoms. The summed E-state index contributed by atoms with van der Waals surface area (Å²) in [4.78, 5) is 0. The standard InChI is InChI=1S/C11H24O3Si.C2H5Cl/c1-5-8-11(12-2)9-6-7-10-15(11,13-3)14-4;1-2-3/h5-10H2,1-4H3;2H2,1H3. The van der Waals surface area contributed by atoms with Gasteiger partial charge in [0.1, 0.15) is 5.22 Å². The molecule has 18 heavy (non-hydrogen) atoms. The molecule has 0 radical (unpaired) electrons. The van der Waals surface area contributed by atoms with Crippen molar-refractivity contribution in [1.82, 2.24) is 0 Å². The molecule has 0 aromatic heterocycles. The van der Waals surface area contributed by atoms with Gasteiger partial charge in [0, 0.05) is 27.2 Å². The summed E-state index contributed by atoms with van der Waals surface area (Å²) >= 11 is 5.00. The molecule has 1 atom stereocenters. The molecule has 0 amide bonds. The van der Waals surface area contributed by atoms with Gasteiger partial charge in [-0.15, -0.1) is 11.6 Å². The Morgan fingerprint density at radius 1 is 1.11 bits per heavy atom. The maximum atomic E-state index is 5.83. The van der Waals surface area contributed by atoms with E-state index in [1.807, 2.05) is 6.92 Å². The lowest BCUT2D eigenvalue weighted by atomic mass is 10.1. The molecule has 1 unspecified atom stereocenters. The Kier molecular flexibility index (Phi) is 9.52. The molecule has 1 heterocycles. The third kappa shape index (κ3) is 3.94. The van der Waals surface area contributed by atoms with Crippen molar-refractivity contribution >= 4 is 20.2 Å². The number of halogens is 1. The molecule has 1 fully saturated rings. The van der Waals surface area contributed by atoms with E-state index in [1.165, 1.54) is 12.8 Å². The van der Waals surface area contributed by atoms with Crippen molar-refractivity contribution < 1.29 is 13.6 Å². The van der Waals surface area contributed by atoms with Gasteiger partial charge in [0.15, 0.2) is 0 Å². The first-order valence-corrected chi connectivity index (χ1v) is 9.39. The number of hydrogen-bond donors (Lipinski definition) is 0. The highest BCUT2D eigenvalue weighted by molar-refractivity contribution is 6.70. The number of hydrogen-bond acceptors (Lipinski definition) is 3. The largest absolute Gasteiger partial charge is 0.396 e. The van der Waals surface area contributed by atoms with Crippen LogP contribution < -0.4 is 0 Å². The van der Waals surface area contributed by atoms with Gasteiger partial charge in [0.25, 0.3) is 0 Å². The lowest BCUT2D eigenvalue weighted by Gasteiger charge is -2.47. The molecule has 1 saturated heterocycles. The Labute approximate surface area is 118 Å². The summed E-state index contributed by atoms with van der Waals surface area (Å²) in [6.45, 7) is 4.08. The molecule has 0 aromatic carbocycles. The molecule has 1 aliphatic heterocycles. The summed E-state index contributed by atoms with van der Waals surface area (Å²) in [7, 11) is 3.22. The average Bonchev–Trinajstić information content (AvgIpc) is 2.40. The molecular formula is C13H29ClO3Si. The molecule has 0 spiro atoms. The second-order valence-electron chi connectivity index (χ2n) is 4.58. The van der Waals surface area contributed by atoms with Gasteiger partial charge in [0.05, 0.1) is 0 Å². The van der Waals surface area contributed by atoms with Crippen molar-refractivity contribution in [3.63, 3.8) is 0 Å². The van der Waals surface area contributed by atoms with E-state index >= 15 is 0 Å². The molecule has 0 saturated carbocycles. The third-order valence-corrected chi connectivity index (χ3v) is 8.16. The summed E-state index contributed by atoms with van der Waals surface area (Å²) in [5.41, 5.74) is 0. The molecule has 0 aromatic rings. The van der Waals surface area contributed by atoms with E-state index in [1.54, 1.807) is 21.3 Å². The molecule has 1 aliphatic rings. The number of alkyl halides is 1. The monoisotopic (exact) mass is 296 g/mol. The summed E-state index contributed by atoms with van der Waals surface area (Å²) in [6.07, 6.45) is 5.70. The Balaban J connectivity index is 0.000000873. The topological polar surface area (TPSA) is 27.7 Å². The van der Waals surface area contributed by atoms with Crippen LogP contribution in [-0.2, 0) is 13.6 Å². The smallest absolute Gasteiger partial charge is 0.370 e. The highest BCUT2D eigenvalue weighted by atomic mass is 35.5. The van der Waals surface area contributed by atoms with Gasteiger partial charge < -0.3 is 13.6 Å².